The normalized spacial score (nSPS) is 38.7. The quantitative estimate of drug-likeness (QED) is 0.625. The SMILES string of the molecule is CCCC1OC(C)(C)[C@@H]2CC=C(C)[C@@H]1C2. The number of hydrogen-bond donors (Lipinski definition) is 0. The van der Waals surface area contributed by atoms with Gasteiger partial charge in [0.2, 0.25) is 0 Å². The summed E-state index contributed by atoms with van der Waals surface area (Å²) in [4.78, 5) is 0. The van der Waals surface area contributed by atoms with Crippen LogP contribution in [0.1, 0.15) is 53.4 Å². The van der Waals surface area contributed by atoms with Crippen LogP contribution in [0.3, 0.4) is 0 Å². The fourth-order valence-corrected chi connectivity index (χ4v) is 3.19. The summed E-state index contributed by atoms with van der Waals surface area (Å²) >= 11 is 0. The molecule has 0 aromatic heterocycles. The highest BCUT2D eigenvalue weighted by Crippen LogP contribution is 2.46. The first-order chi connectivity index (χ1) is 7.04. The van der Waals surface area contributed by atoms with E-state index in [0.717, 1.165) is 5.92 Å². The Morgan fingerprint density at radius 1 is 1.47 bits per heavy atom. The predicted molar refractivity (Wildman–Crippen MR) is 63.8 cm³/mol. The van der Waals surface area contributed by atoms with Gasteiger partial charge >= 0.3 is 0 Å². The van der Waals surface area contributed by atoms with Gasteiger partial charge < -0.3 is 4.74 Å². The molecule has 1 unspecified atom stereocenters. The van der Waals surface area contributed by atoms with Gasteiger partial charge in [-0.25, -0.2) is 0 Å². The molecule has 1 aliphatic carbocycles. The zero-order chi connectivity index (χ0) is 11.1. The Labute approximate surface area is 93.9 Å². The lowest BCUT2D eigenvalue weighted by Gasteiger charge is -2.49. The van der Waals surface area contributed by atoms with Crippen molar-refractivity contribution >= 4 is 0 Å². The molecular formula is C14H24O. The van der Waals surface area contributed by atoms with Crippen LogP contribution in [0.15, 0.2) is 11.6 Å². The van der Waals surface area contributed by atoms with Gasteiger partial charge in [-0.15, -0.1) is 0 Å². The maximum Gasteiger partial charge on any atom is 0.0661 e. The van der Waals surface area contributed by atoms with Crippen molar-refractivity contribution in [2.24, 2.45) is 11.8 Å². The second kappa shape index (κ2) is 3.93. The molecule has 15 heavy (non-hydrogen) atoms. The minimum Gasteiger partial charge on any atom is -0.371 e. The van der Waals surface area contributed by atoms with Crippen LogP contribution >= 0.6 is 0 Å². The maximum atomic E-state index is 6.31. The largest absolute Gasteiger partial charge is 0.371 e. The molecule has 2 rings (SSSR count). The van der Waals surface area contributed by atoms with Crippen LogP contribution in [0.2, 0.25) is 0 Å². The van der Waals surface area contributed by atoms with Gasteiger partial charge in [-0.3, -0.25) is 0 Å². The summed E-state index contributed by atoms with van der Waals surface area (Å²) in [6.07, 6.45) is 7.93. The first-order valence-corrected chi connectivity index (χ1v) is 6.39. The molecule has 0 N–H and O–H groups in total. The van der Waals surface area contributed by atoms with Crippen molar-refractivity contribution in [1.29, 1.82) is 0 Å². The predicted octanol–water partition coefficient (Wildman–Crippen LogP) is 3.94. The smallest absolute Gasteiger partial charge is 0.0661 e. The number of fused-ring (bicyclic) bond motifs is 2. The standard InChI is InChI=1S/C14H24O/c1-5-6-13-12-9-11(8-7-10(12)2)14(3,4)15-13/h7,11-13H,5-6,8-9H2,1-4H3/t11-,12+,13?/m1/s1. The lowest BCUT2D eigenvalue weighted by atomic mass is 9.69. The summed E-state index contributed by atoms with van der Waals surface area (Å²) in [6, 6.07) is 0. The van der Waals surface area contributed by atoms with Crippen molar-refractivity contribution in [1.82, 2.24) is 0 Å². The van der Waals surface area contributed by atoms with Gasteiger partial charge in [0.05, 0.1) is 11.7 Å². The van der Waals surface area contributed by atoms with E-state index in [-0.39, 0.29) is 5.60 Å². The van der Waals surface area contributed by atoms with Crippen LogP contribution in [0.5, 0.6) is 0 Å². The van der Waals surface area contributed by atoms with Crippen molar-refractivity contribution in [3.8, 4) is 0 Å². The first kappa shape index (κ1) is 11.2. The van der Waals surface area contributed by atoms with E-state index in [1.807, 2.05) is 0 Å². The molecule has 0 radical (unpaired) electrons. The second-order valence-electron chi connectivity index (χ2n) is 5.77. The molecule has 0 aromatic rings. The van der Waals surface area contributed by atoms with Gasteiger partial charge in [0.1, 0.15) is 0 Å². The molecule has 1 aliphatic heterocycles. The average Bonchev–Trinajstić information content (AvgIpc) is 2.16. The minimum atomic E-state index is 0.0908. The molecule has 0 saturated carbocycles. The highest BCUT2D eigenvalue weighted by atomic mass is 16.5. The third-order valence-corrected chi connectivity index (χ3v) is 4.31. The molecule has 0 spiro atoms. The average molecular weight is 208 g/mol. The van der Waals surface area contributed by atoms with E-state index >= 15 is 0 Å². The van der Waals surface area contributed by atoms with Gasteiger partial charge in [0.25, 0.3) is 0 Å². The van der Waals surface area contributed by atoms with Crippen LogP contribution in [0.25, 0.3) is 0 Å². The van der Waals surface area contributed by atoms with E-state index in [9.17, 15) is 0 Å². The molecule has 1 heteroatoms. The monoisotopic (exact) mass is 208 g/mol. The summed E-state index contributed by atoms with van der Waals surface area (Å²) in [5, 5.41) is 0. The van der Waals surface area contributed by atoms with Gasteiger partial charge in [-0.1, -0.05) is 25.0 Å². The fourth-order valence-electron chi connectivity index (χ4n) is 3.19. The zero-order valence-corrected chi connectivity index (χ0v) is 10.5. The number of rotatable bonds is 2. The Bertz CT molecular complexity index is 265. The third kappa shape index (κ3) is 1.99. The molecule has 3 atom stereocenters. The van der Waals surface area contributed by atoms with E-state index in [1.165, 1.54) is 25.7 Å². The van der Waals surface area contributed by atoms with Gasteiger partial charge in [0.15, 0.2) is 0 Å². The molecule has 1 nitrogen and oxygen atoms in total. The molecule has 0 aromatic carbocycles. The van der Waals surface area contributed by atoms with E-state index in [0.29, 0.717) is 12.0 Å². The Morgan fingerprint density at radius 3 is 2.87 bits per heavy atom. The molecule has 1 heterocycles. The molecule has 2 aliphatic rings. The first-order valence-electron chi connectivity index (χ1n) is 6.39. The lowest BCUT2D eigenvalue weighted by Crippen LogP contribution is -2.49. The van der Waals surface area contributed by atoms with Gasteiger partial charge in [-0.2, -0.15) is 0 Å². The van der Waals surface area contributed by atoms with Crippen molar-refractivity contribution < 1.29 is 4.74 Å². The topological polar surface area (TPSA) is 9.23 Å². The summed E-state index contributed by atoms with van der Waals surface area (Å²) in [5.74, 6) is 1.44. The Morgan fingerprint density at radius 2 is 2.20 bits per heavy atom. The van der Waals surface area contributed by atoms with E-state index in [4.69, 9.17) is 4.74 Å². The maximum absolute atomic E-state index is 6.31. The third-order valence-electron chi connectivity index (χ3n) is 4.31. The number of allylic oxidation sites excluding steroid dienone is 1. The molecular weight excluding hydrogens is 184 g/mol. The summed E-state index contributed by atoms with van der Waals surface area (Å²) in [6.45, 7) is 9.08. The molecule has 2 bridgehead atoms. The number of ether oxygens (including phenoxy) is 1. The minimum absolute atomic E-state index is 0.0908. The highest BCUT2D eigenvalue weighted by molar-refractivity contribution is 5.14. The second-order valence-corrected chi connectivity index (χ2v) is 5.77. The number of hydrogen-bond acceptors (Lipinski definition) is 1. The lowest BCUT2D eigenvalue weighted by molar-refractivity contribution is -0.165. The summed E-state index contributed by atoms with van der Waals surface area (Å²) in [7, 11) is 0. The van der Waals surface area contributed by atoms with Crippen LogP contribution < -0.4 is 0 Å². The van der Waals surface area contributed by atoms with Crippen molar-refractivity contribution in [3.63, 3.8) is 0 Å². The van der Waals surface area contributed by atoms with Crippen LogP contribution in [0.4, 0.5) is 0 Å². The molecule has 1 fully saturated rings. The van der Waals surface area contributed by atoms with E-state index < -0.39 is 0 Å². The van der Waals surface area contributed by atoms with Crippen LogP contribution in [-0.2, 0) is 4.74 Å². The van der Waals surface area contributed by atoms with E-state index in [2.05, 4.69) is 33.8 Å². The Kier molecular flexibility index (Phi) is 2.94. The summed E-state index contributed by atoms with van der Waals surface area (Å²) in [5.41, 5.74) is 1.66. The van der Waals surface area contributed by atoms with E-state index in [1.54, 1.807) is 5.57 Å². The van der Waals surface area contributed by atoms with Crippen molar-refractivity contribution in [2.75, 3.05) is 0 Å². The molecule has 86 valence electrons. The highest BCUT2D eigenvalue weighted by Gasteiger charge is 2.44. The van der Waals surface area contributed by atoms with Gasteiger partial charge in [-0.05, 0) is 46.0 Å². The Balaban J connectivity index is 2.20. The molecule has 1 saturated heterocycles. The van der Waals surface area contributed by atoms with Crippen molar-refractivity contribution in [2.45, 2.75) is 65.1 Å². The van der Waals surface area contributed by atoms with Crippen LogP contribution in [-0.4, -0.2) is 11.7 Å². The van der Waals surface area contributed by atoms with Crippen LogP contribution in [0, 0.1) is 11.8 Å². The molecule has 0 amide bonds. The fraction of sp³-hybridized carbons (Fsp3) is 0.857. The Hall–Kier alpha value is -0.300. The van der Waals surface area contributed by atoms with Crippen molar-refractivity contribution in [3.05, 3.63) is 11.6 Å². The van der Waals surface area contributed by atoms with Gasteiger partial charge in [0, 0.05) is 5.92 Å². The zero-order valence-electron chi connectivity index (χ0n) is 10.5. The summed E-state index contributed by atoms with van der Waals surface area (Å²) < 4.78 is 6.31.